The van der Waals surface area contributed by atoms with E-state index < -0.39 is 0 Å². The van der Waals surface area contributed by atoms with Gasteiger partial charge in [-0.3, -0.25) is 0 Å². The van der Waals surface area contributed by atoms with E-state index in [2.05, 4.69) is 33.4 Å². The molecule has 0 N–H and O–H groups in total. The van der Waals surface area contributed by atoms with Crippen LogP contribution in [-0.4, -0.2) is 25.4 Å². The molecule has 2 heteroatoms. The normalized spacial score (nSPS) is 34.9. The van der Waals surface area contributed by atoms with Gasteiger partial charge in [-0.2, -0.15) is 0 Å². The number of methoxy groups -OCH3 is 1. The van der Waals surface area contributed by atoms with Gasteiger partial charge in [-0.1, -0.05) is 19.1 Å². The van der Waals surface area contributed by atoms with Gasteiger partial charge in [0.25, 0.3) is 0 Å². The monoisotopic (exact) mass is 196 g/mol. The Kier molecular flexibility index (Phi) is 3.90. The molecule has 0 aliphatic carbocycles. The predicted molar refractivity (Wildman–Crippen MR) is 58.3 cm³/mol. The molecule has 1 aliphatic rings. The van der Waals surface area contributed by atoms with Gasteiger partial charge in [0.2, 0.25) is 0 Å². The second-order valence-electron chi connectivity index (χ2n) is 3.95. The lowest BCUT2D eigenvalue weighted by Crippen LogP contribution is -2.40. The molecule has 4 atom stereocenters. The second kappa shape index (κ2) is 4.76. The van der Waals surface area contributed by atoms with Gasteiger partial charge in [-0.05, 0) is 19.4 Å². The van der Waals surface area contributed by atoms with Gasteiger partial charge in [-0.15, -0.1) is 6.58 Å². The van der Waals surface area contributed by atoms with Crippen LogP contribution in [0.1, 0.15) is 20.8 Å². The number of ether oxygens (including phenoxy) is 2. The number of hydrogen-bond acceptors (Lipinski definition) is 2. The maximum absolute atomic E-state index is 5.89. The minimum Gasteiger partial charge on any atom is -0.375 e. The highest BCUT2D eigenvalue weighted by atomic mass is 16.5. The van der Waals surface area contributed by atoms with Crippen LogP contribution < -0.4 is 0 Å². The van der Waals surface area contributed by atoms with Crippen molar-refractivity contribution in [2.24, 2.45) is 5.92 Å². The van der Waals surface area contributed by atoms with Gasteiger partial charge in [-0.25, -0.2) is 0 Å². The minimum atomic E-state index is -0.0169. The standard InChI is InChI=1S/C12H20O2/c1-6-11(13-5)12-9(3)7-8(2)10(4)14-12/h6-7,9-12H,1H2,2-5H3/t9?,10?,11-,12-/m0/s1. The van der Waals surface area contributed by atoms with E-state index in [0.29, 0.717) is 5.92 Å². The summed E-state index contributed by atoms with van der Waals surface area (Å²) < 4.78 is 11.2. The van der Waals surface area contributed by atoms with Gasteiger partial charge in [0.1, 0.15) is 6.10 Å². The van der Waals surface area contributed by atoms with Crippen molar-refractivity contribution < 1.29 is 9.47 Å². The molecule has 1 heterocycles. The first-order valence-corrected chi connectivity index (χ1v) is 5.09. The van der Waals surface area contributed by atoms with Gasteiger partial charge >= 0.3 is 0 Å². The van der Waals surface area contributed by atoms with Crippen molar-refractivity contribution in [2.45, 2.75) is 39.1 Å². The first-order valence-electron chi connectivity index (χ1n) is 5.09. The van der Waals surface area contributed by atoms with Crippen LogP contribution in [0.2, 0.25) is 0 Å². The van der Waals surface area contributed by atoms with Gasteiger partial charge in [0.05, 0.1) is 12.2 Å². The van der Waals surface area contributed by atoms with E-state index in [-0.39, 0.29) is 18.3 Å². The van der Waals surface area contributed by atoms with Crippen LogP contribution >= 0.6 is 0 Å². The van der Waals surface area contributed by atoms with Crippen LogP contribution in [0.4, 0.5) is 0 Å². The van der Waals surface area contributed by atoms with Crippen LogP contribution in [0.5, 0.6) is 0 Å². The zero-order valence-electron chi connectivity index (χ0n) is 9.49. The summed E-state index contributed by atoms with van der Waals surface area (Å²) in [6.07, 6.45) is 4.33. The van der Waals surface area contributed by atoms with Crippen molar-refractivity contribution in [3.8, 4) is 0 Å². The molecule has 0 radical (unpaired) electrons. The molecule has 0 bridgehead atoms. The molecule has 2 nitrogen and oxygen atoms in total. The van der Waals surface area contributed by atoms with Crippen LogP contribution in [0.15, 0.2) is 24.3 Å². The van der Waals surface area contributed by atoms with E-state index in [1.165, 1.54) is 5.57 Å². The lowest BCUT2D eigenvalue weighted by molar-refractivity contribution is -0.0811. The summed E-state index contributed by atoms with van der Waals surface area (Å²) in [4.78, 5) is 0. The Hall–Kier alpha value is -0.600. The fraction of sp³-hybridized carbons (Fsp3) is 0.667. The fourth-order valence-electron chi connectivity index (χ4n) is 1.85. The highest BCUT2D eigenvalue weighted by Gasteiger charge is 2.30. The van der Waals surface area contributed by atoms with E-state index in [1.807, 2.05) is 6.08 Å². The predicted octanol–water partition coefficient (Wildman–Crippen LogP) is 2.56. The summed E-state index contributed by atoms with van der Waals surface area (Å²) in [5.74, 6) is 0.383. The van der Waals surface area contributed by atoms with E-state index in [0.717, 1.165) is 0 Å². The van der Waals surface area contributed by atoms with E-state index in [9.17, 15) is 0 Å². The lowest BCUT2D eigenvalue weighted by Gasteiger charge is -2.35. The molecule has 0 saturated carbocycles. The molecule has 1 rings (SSSR count). The smallest absolute Gasteiger partial charge is 0.102 e. The van der Waals surface area contributed by atoms with Crippen molar-refractivity contribution in [3.63, 3.8) is 0 Å². The minimum absolute atomic E-state index is 0.0169. The molecule has 80 valence electrons. The molecule has 0 aromatic heterocycles. The van der Waals surface area contributed by atoms with Crippen LogP contribution in [0.3, 0.4) is 0 Å². The molecule has 2 unspecified atom stereocenters. The zero-order chi connectivity index (χ0) is 10.7. The topological polar surface area (TPSA) is 18.5 Å². The highest BCUT2D eigenvalue weighted by molar-refractivity contribution is 5.12. The third-order valence-corrected chi connectivity index (χ3v) is 2.87. The van der Waals surface area contributed by atoms with E-state index >= 15 is 0 Å². The molecule has 0 amide bonds. The van der Waals surface area contributed by atoms with Crippen LogP contribution in [-0.2, 0) is 9.47 Å². The Morgan fingerprint density at radius 3 is 2.71 bits per heavy atom. The second-order valence-corrected chi connectivity index (χ2v) is 3.95. The Morgan fingerprint density at radius 2 is 2.21 bits per heavy atom. The summed E-state index contributed by atoms with van der Waals surface area (Å²) in [6.45, 7) is 10.1. The molecule has 0 saturated heterocycles. The number of hydrogen-bond donors (Lipinski definition) is 0. The van der Waals surface area contributed by atoms with Crippen LogP contribution in [0.25, 0.3) is 0 Å². The Balaban J connectivity index is 2.77. The molecule has 1 aliphatic heterocycles. The van der Waals surface area contributed by atoms with E-state index in [1.54, 1.807) is 7.11 Å². The average molecular weight is 196 g/mol. The van der Waals surface area contributed by atoms with Crippen molar-refractivity contribution >= 4 is 0 Å². The Labute approximate surface area is 86.6 Å². The zero-order valence-corrected chi connectivity index (χ0v) is 9.49. The molecule has 14 heavy (non-hydrogen) atoms. The summed E-state index contributed by atoms with van der Waals surface area (Å²) in [5.41, 5.74) is 1.30. The van der Waals surface area contributed by atoms with Crippen molar-refractivity contribution in [3.05, 3.63) is 24.3 Å². The van der Waals surface area contributed by atoms with Crippen molar-refractivity contribution in [1.82, 2.24) is 0 Å². The first-order chi connectivity index (χ1) is 6.60. The lowest BCUT2D eigenvalue weighted by atomic mass is 9.92. The third-order valence-electron chi connectivity index (χ3n) is 2.87. The molecule has 0 spiro atoms. The highest BCUT2D eigenvalue weighted by Crippen LogP contribution is 2.26. The van der Waals surface area contributed by atoms with Gasteiger partial charge in [0, 0.05) is 13.0 Å². The average Bonchev–Trinajstić information content (AvgIpc) is 2.15. The maximum Gasteiger partial charge on any atom is 0.102 e. The third kappa shape index (κ3) is 2.25. The first kappa shape index (κ1) is 11.5. The molecule has 0 aromatic carbocycles. The molecular formula is C12H20O2. The van der Waals surface area contributed by atoms with Gasteiger partial charge < -0.3 is 9.47 Å². The SMILES string of the molecule is C=C[C@H](OC)[C@H]1OC(C)C(C)=CC1C. The van der Waals surface area contributed by atoms with Crippen molar-refractivity contribution in [2.75, 3.05) is 7.11 Å². The van der Waals surface area contributed by atoms with Crippen LogP contribution in [0, 0.1) is 5.92 Å². The summed E-state index contributed by atoms with van der Waals surface area (Å²) in [6, 6.07) is 0. The Bertz CT molecular complexity index is 232. The fourth-order valence-corrected chi connectivity index (χ4v) is 1.85. The summed E-state index contributed by atoms with van der Waals surface area (Å²) >= 11 is 0. The van der Waals surface area contributed by atoms with Gasteiger partial charge in [0.15, 0.2) is 0 Å². The molecular weight excluding hydrogens is 176 g/mol. The maximum atomic E-state index is 5.89. The largest absolute Gasteiger partial charge is 0.375 e. The molecule has 0 fully saturated rings. The summed E-state index contributed by atoms with van der Waals surface area (Å²) in [7, 11) is 1.69. The number of rotatable bonds is 3. The Morgan fingerprint density at radius 1 is 1.57 bits per heavy atom. The van der Waals surface area contributed by atoms with Crippen molar-refractivity contribution in [1.29, 1.82) is 0 Å². The quantitative estimate of drug-likeness (QED) is 0.646. The van der Waals surface area contributed by atoms with E-state index in [4.69, 9.17) is 9.47 Å². The summed E-state index contributed by atoms with van der Waals surface area (Å²) in [5, 5.41) is 0. The molecule has 0 aromatic rings.